The van der Waals surface area contributed by atoms with Gasteiger partial charge in [0, 0.05) is 24.7 Å². The summed E-state index contributed by atoms with van der Waals surface area (Å²) in [4.78, 5) is 11.4. The van der Waals surface area contributed by atoms with Gasteiger partial charge >= 0.3 is 0 Å². The van der Waals surface area contributed by atoms with Gasteiger partial charge in [0.05, 0.1) is 0 Å². The molecule has 104 valence electrons. The van der Waals surface area contributed by atoms with E-state index in [0.717, 1.165) is 24.5 Å². The van der Waals surface area contributed by atoms with Crippen molar-refractivity contribution in [2.45, 2.75) is 13.3 Å². The molecular weight excluding hydrogens is 250 g/mol. The van der Waals surface area contributed by atoms with Gasteiger partial charge in [-0.1, -0.05) is 37.3 Å². The Kier molecular flexibility index (Phi) is 3.52. The fourth-order valence-corrected chi connectivity index (χ4v) is 2.53. The quantitative estimate of drug-likeness (QED) is 0.661. The molecule has 0 aliphatic carbocycles. The fraction of sp³-hybridized carbons (Fsp3) is 0.333. The van der Waals surface area contributed by atoms with Gasteiger partial charge in [-0.15, -0.1) is 0 Å². The molecule has 5 heteroatoms. The minimum absolute atomic E-state index is 0.647. The summed E-state index contributed by atoms with van der Waals surface area (Å²) in [7, 11) is 0. The van der Waals surface area contributed by atoms with Crippen molar-refractivity contribution in [2.75, 3.05) is 23.4 Å². The van der Waals surface area contributed by atoms with Crippen LogP contribution in [0.2, 0.25) is 0 Å². The van der Waals surface area contributed by atoms with E-state index in [1.54, 1.807) is 0 Å². The van der Waals surface area contributed by atoms with E-state index in [2.05, 4.69) is 27.2 Å². The molecule has 0 saturated carbocycles. The highest BCUT2D eigenvalue weighted by atomic mass is 15.3. The lowest BCUT2D eigenvalue weighted by Crippen LogP contribution is -2.21. The maximum atomic E-state index is 5.53. The van der Waals surface area contributed by atoms with Gasteiger partial charge in [-0.2, -0.15) is 0 Å². The monoisotopic (exact) mass is 269 g/mol. The minimum Gasteiger partial charge on any atom is -0.356 e. The molecule has 3 rings (SSSR count). The average molecular weight is 269 g/mol. The van der Waals surface area contributed by atoms with Gasteiger partial charge in [0.25, 0.3) is 0 Å². The third kappa shape index (κ3) is 2.58. The van der Waals surface area contributed by atoms with Crippen LogP contribution in [0.25, 0.3) is 11.4 Å². The van der Waals surface area contributed by atoms with Gasteiger partial charge in [0.15, 0.2) is 5.82 Å². The molecule has 0 radical (unpaired) electrons. The number of hydrogen-bond acceptors (Lipinski definition) is 5. The summed E-state index contributed by atoms with van der Waals surface area (Å²) in [6.45, 7) is 4.34. The highest BCUT2D eigenvalue weighted by Gasteiger charge is 2.21. The summed E-state index contributed by atoms with van der Waals surface area (Å²) < 4.78 is 0. The van der Waals surface area contributed by atoms with E-state index in [-0.39, 0.29) is 0 Å². The first-order valence-corrected chi connectivity index (χ1v) is 6.92. The van der Waals surface area contributed by atoms with Crippen LogP contribution in [-0.4, -0.2) is 23.1 Å². The van der Waals surface area contributed by atoms with Crippen molar-refractivity contribution in [3.05, 3.63) is 36.4 Å². The second-order valence-electron chi connectivity index (χ2n) is 5.29. The number of nitrogens with two attached hydrogens (primary N) is 1. The van der Waals surface area contributed by atoms with Crippen molar-refractivity contribution in [3.8, 4) is 11.4 Å². The summed E-state index contributed by atoms with van der Waals surface area (Å²) in [6, 6.07) is 11.9. The maximum absolute atomic E-state index is 5.53. The summed E-state index contributed by atoms with van der Waals surface area (Å²) in [5.41, 5.74) is 3.63. The number of hydrogen-bond donors (Lipinski definition) is 2. The first kappa shape index (κ1) is 12.9. The number of nitrogens with zero attached hydrogens (tertiary/aromatic N) is 3. The number of nitrogen functional groups attached to an aromatic ring is 1. The predicted octanol–water partition coefficient (Wildman–Crippen LogP) is 2.28. The summed E-state index contributed by atoms with van der Waals surface area (Å²) in [6.07, 6.45) is 1.20. The Hall–Kier alpha value is -2.14. The zero-order chi connectivity index (χ0) is 13.9. The van der Waals surface area contributed by atoms with Crippen molar-refractivity contribution in [2.24, 2.45) is 11.8 Å². The Bertz CT molecular complexity index is 584. The smallest absolute Gasteiger partial charge is 0.163 e. The molecule has 3 N–H and O–H groups in total. The Balaban J connectivity index is 1.99. The molecule has 2 heterocycles. The maximum Gasteiger partial charge on any atom is 0.163 e. The molecule has 1 atom stereocenters. The Labute approximate surface area is 118 Å². The Morgan fingerprint density at radius 1 is 1.25 bits per heavy atom. The molecule has 1 aromatic carbocycles. The summed E-state index contributed by atoms with van der Waals surface area (Å²) in [5.74, 6) is 8.53. The third-order valence-electron chi connectivity index (χ3n) is 3.64. The number of aromatic nitrogens is 2. The van der Waals surface area contributed by atoms with E-state index in [1.165, 1.54) is 6.42 Å². The van der Waals surface area contributed by atoms with Crippen LogP contribution in [0.3, 0.4) is 0 Å². The molecule has 1 aromatic heterocycles. The molecule has 5 nitrogen and oxygen atoms in total. The van der Waals surface area contributed by atoms with Crippen molar-refractivity contribution in [1.29, 1.82) is 0 Å². The number of rotatable bonds is 3. The van der Waals surface area contributed by atoms with Gasteiger partial charge in [-0.25, -0.2) is 15.8 Å². The first-order chi connectivity index (χ1) is 9.76. The highest BCUT2D eigenvalue weighted by Crippen LogP contribution is 2.26. The lowest BCUT2D eigenvalue weighted by molar-refractivity contribution is 0.659. The number of nitrogens with one attached hydrogen (secondary N) is 1. The summed E-state index contributed by atoms with van der Waals surface area (Å²) in [5, 5.41) is 0. The van der Waals surface area contributed by atoms with Crippen LogP contribution in [0.1, 0.15) is 13.3 Å². The fourth-order valence-electron chi connectivity index (χ4n) is 2.53. The number of hydrazine groups is 1. The molecule has 1 saturated heterocycles. The van der Waals surface area contributed by atoms with E-state index in [0.29, 0.717) is 17.6 Å². The zero-order valence-electron chi connectivity index (χ0n) is 11.6. The summed E-state index contributed by atoms with van der Waals surface area (Å²) >= 11 is 0. The van der Waals surface area contributed by atoms with Gasteiger partial charge in [-0.05, 0) is 12.3 Å². The third-order valence-corrected chi connectivity index (χ3v) is 3.64. The number of benzene rings is 1. The van der Waals surface area contributed by atoms with Crippen LogP contribution in [0.4, 0.5) is 11.6 Å². The zero-order valence-corrected chi connectivity index (χ0v) is 11.6. The number of anilines is 2. The molecule has 1 aliphatic heterocycles. The second-order valence-corrected chi connectivity index (χ2v) is 5.29. The van der Waals surface area contributed by atoms with Crippen molar-refractivity contribution < 1.29 is 0 Å². The van der Waals surface area contributed by atoms with E-state index < -0.39 is 0 Å². The molecule has 0 spiro atoms. The largest absolute Gasteiger partial charge is 0.356 e. The minimum atomic E-state index is 0.647. The lowest BCUT2D eigenvalue weighted by Gasteiger charge is -2.18. The van der Waals surface area contributed by atoms with Gasteiger partial charge in [-0.3, -0.25) is 0 Å². The Morgan fingerprint density at radius 3 is 2.70 bits per heavy atom. The molecule has 1 unspecified atom stereocenters. The highest BCUT2D eigenvalue weighted by molar-refractivity contribution is 5.61. The average Bonchev–Trinajstić information content (AvgIpc) is 2.94. The molecular formula is C15H19N5. The van der Waals surface area contributed by atoms with E-state index >= 15 is 0 Å². The molecule has 1 aliphatic rings. The Morgan fingerprint density at radius 2 is 2.05 bits per heavy atom. The standard InChI is InChI=1S/C15H19N5/c1-11-7-8-20(10-11)14-9-13(19-16)17-15(18-14)12-5-3-2-4-6-12/h2-6,9,11H,7-8,10,16H2,1H3,(H,17,18,19). The SMILES string of the molecule is CC1CCN(c2cc(NN)nc(-c3ccccc3)n2)C1. The van der Waals surface area contributed by atoms with Crippen molar-refractivity contribution in [1.82, 2.24) is 9.97 Å². The van der Waals surface area contributed by atoms with E-state index in [9.17, 15) is 0 Å². The van der Waals surface area contributed by atoms with Crippen LogP contribution in [0.15, 0.2) is 36.4 Å². The molecule has 1 fully saturated rings. The van der Waals surface area contributed by atoms with Crippen molar-refractivity contribution in [3.63, 3.8) is 0 Å². The van der Waals surface area contributed by atoms with Crippen LogP contribution in [0.5, 0.6) is 0 Å². The van der Waals surface area contributed by atoms with Crippen LogP contribution >= 0.6 is 0 Å². The topological polar surface area (TPSA) is 67.1 Å². The van der Waals surface area contributed by atoms with Gasteiger partial charge < -0.3 is 10.3 Å². The molecule has 0 amide bonds. The molecule has 2 aromatic rings. The van der Waals surface area contributed by atoms with Gasteiger partial charge in [0.2, 0.25) is 0 Å². The predicted molar refractivity (Wildman–Crippen MR) is 81.3 cm³/mol. The van der Waals surface area contributed by atoms with Crippen LogP contribution in [-0.2, 0) is 0 Å². The lowest BCUT2D eigenvalue weighted by atomic mass is 10.2. The first-order valence-electron chi connectivity index (χ1n) is 6.92. The van der Waals surface area contributed by atoms with E-state index in [4.69, 9.17) is 5.84 Å². The van der Waals surface area contributed by atoms with Crippen molar-refractivity contribution >= 4 is 11.6 Å². The van der Waals surface area contributed by atoms with Gasteiger partial charge in [0.1, 0.15) is 11.6 Å². The van der Waals surface area contributed by atoms with Crippen LogP contribution in [0, 0.1) is 5.92 Å². The normalized spacial score (nSPS) is 18.3. The van der Waals surface area contributed by atoms with E-state index in [1.807, 2.05) is 36.4 Å². The molecule has 0 bridgehead atoms. The van der Waals surface area contributed by atoms with Crippen LogP contribution < -0.4 is 16.2 Å². The second kappa shape index (κ2) is 5.46. The molecule has 20 heavy (non-hydrogen) atoms.